The van der Waals surface area contributed by atoms with Gasteiger partial charge in [0.15, 0.2) is 0 Å². The van der Waals surface area contributed by atoms with Crippen LogP contribution in [0.3, 0.4) is 0 Å². The molecule has 1 N–H and O–H groups in total. The standard InChI is InChI=1S/C16H13FN2OS3/c17-12-2-1-3-13(6-12)18-15(20)10-22-8-14-9-23-16(19-14)11-4-5-21-7-11/h1-7,9H,8,10H2,(H,18,20). The summed E-state index contributed by atoms with van der Waals surface area (Å²) in [6.45, 7) is 0. The first-order chi connectivity index (χ1) is 11.2. The van der Waals surface area contributed by atoms with Gasteiger partial charge >= 0.3 is 0 Å². The van der Waals surface area contributed by atoms with Gasteiger partial charge in [0.25, 0.3) is 0 Å². The summed E-state index contributed by atoms with van der Waals surface area (Å²) in [5, 5.41) is 9.81. The molecule has 0 atom stereocenters. The molecule has 1 aromatic carbocycles. The number of hydrogen-bond acceptors (Lipinski definition) is 5. The predicted molar refractivity (Wildman–Crippen MR) is 96.6 cm³/mol. The minimum Gasteiger partial charge on any atom is -0.325 e. The molecule has 0 saturated carbocycles. The number of carbonyl (C=O) groups excluding carboxylic acids is 1. The molecule has 0 unspecified atom stereocenters. The first kappa shape index (κ1) is 16.2. The topological polar surface area (TPSA) is 42.0 Å². The highest BCUT2D eigenvalue weighted by Crippen LogP contribution is 2.27. The quantitative estimate of drug-likeness (QED) is 0.678. The summed E-state index contributed by atoms with van der Waals surface area (Å²) in [7, 11) is 0. The highest BCUT2D eigenvalue weighted by atomic mass is 32.2. The van der Waals surface area contributed by atoms with Crippen LogP contribution in [0.25, 0.3) is 10.6 Å². The number of thiazole rings is 1. The van der Waals surface area contributed by atoms with Crippen LogP contribution in [0.15, 0.2) is 46.5 Å². The number of halogens is 1. The Balaban J connectivity index is 1.47. The molecule has 3 rings (SSSR count). The van der Waals surface area contributed by atoms with Gasteiger partial charge in [0.05, 0.1) is 11.4 Å². The van der Waals surface area contributed by atoms with E-state index in [1.54, 1.807) is 34.8 Å². The second-order valence-corrected chi connectivity index (χ2v) is 7.33. The Bertz CT molecular complexity index is 786. The first-order valence-electron chi connectivity index (χ1n) is 6.81. The van der Waals surface area contributed by atoms with Gasteiger partial charge in [-0.05, 0) is 29.6 Å². The van der Waals surface area contributed by atoms with Crippen LogP contribution in [-0.2, 0) is 10.5 Å². The second-order valence-electron chi connectivity index (χ2n) is 4.71. The number of amides is 1. The third kappa shape index (κ3) is 4.63. The zero-order valence-corrected chi connectivity index (χ0v) is 14.4. The summed E-state index contributed by atoms with van der Waals surface area (Å²) in [6.07, 6.45) is 0. The summed E-state index contributed by atoms with van der Waals surface area (Å²) in [6, 6.07) is 7.93. The smallest absolute Gasteiger partial charge is 0.234 e. The number of benzene rings is 1. The number of anilines is 1. The molecule has 0 bridgehead atoms. The largest absolute Gasteiger partial charge is 0.325 e. The second kappa shape index (κ2) is 7.72. The van der Waals surface area contributed by atoms with Crippen molar-refractivity contribution >= 4 is 46.0 Å². The van der Waals surface area contributed by atoms with Gasteiger partial charge in [0.1, 0.15) is 10.8 Å². The third-order valence-electron chi connectivity index (χ3n) is 2.91. The van der Waals surface area contributed by atoms with Crippen LogP contribution in [0.1, 0.15) is 5.69 Å². The Morgan fingerprint density at radius 1 is 1.30 bits per heavy atom. The molecule has 1 amide bonds. The lowest BCUT2D eigenvalue weighted by atomic mass is 10.3. The van der Waals surface area contributed by atoms with Crippen molar-refractivity contribution in [2.24, 2.45) is 0 Å². The number of nitrogens with one attached hydrogen (secondary N) is 1. The lowest BCUT2D eigenvalue weighted by molar-refractivity contribution is -0.113. The van der Waals surface area contributed by atoms with E-state index in [0.29, 0.717) is 17.2 Å². The Labute approximate surface area is 145 Å². The van der Waals surface area contributed by atoms with Gasteiger partial charge in [-0.25, -0.2) is 9.37 Å². The maximum Gasteiger partial charge on any atom is 0.234 e. The van der Waals surface area contributed by atoms with Gasteiger partial charge < -0.3 is 5.32 Å². The van der Waals surface area contributed by atoms with Crippen LogP contribution in [0, 0.1) is 5.82 Å². The van der Waals surface area contributed by atoms with Crippen molar-refractivity contribution in [3.8, 4) is 10.6 Å². The third-order valence-corrected chi connectivity index (χ3v) is 5.50. The van der Waals surface area contributed by atoms with Crippen molar-refractivity contribution in [1.82, 2.24) is 4.98 Å². The lowest BCUT2D eigenvalue weighted by Crippen LogP contribution is -2.14. The molecule has 7 heteroatoms. The van der Waals surface area contributed by atoms with E-state index in [9.17, 15) is 9.18 Å². The molecule has 3 aromatic rings. The molecule has 3 nitrogen and oxygen atoms in total. The number of thioether (sulfide) groups is 1. The van der Waals surface area contributed by atoms with Crippen LogP contribution in [0.5, 0.6) is 0 Å². The van der Waals surface area contributed by atoms with E-state index in [0.717, 1.165) is 16.3 Å². The lowest BCUT2D eigenvalue weighted by Gasteiger charge is -2.04. The minimum absolute atomic E-state index is 0.145. The molecular weight excluding hydrogens is 351 g/mol. The summed E-state index contributed by atoms with van der Waals surface area (Å²) in [5.41, 5.74) is 2.59. The Kier molecular flexibility index (Phi) is 5.43. The van der Waals surface area contributed by atoms with E-state index < -0.39 is 0 Å². The molecule has 23 heavy (non-hydrogen) atoms. The van der Waals surface area contributed by atoms with Crippen LogP contribution < -0.4 is 5.32 Å². The molecule has 0 spiro atoms. The number of aromatic nitrogens is 1. The van der Waals surface area contributed by atoms with Crippen molar-refractivity contribution < 1.29 is 9.18 Å². The van der Waals surface area contributed by atoms with Gasteiger partial charge in [-0.15, -0.1) is 23.1 Å². The van der Waals surface area contributed by atoms with E-state index in [1.807, 2.05) is 16.8 Å². The average Bonchev–Trinajstić information content (AvgIpc) is 3.18. The van der Waals surface area contributed by atoms with E-state index in [2.05, 4.69) is 15.7 Å². The van der Waals surface area contributed by atoms with E-state index in [4.69, 9.17) is 0 Å². The Hall–Kier alpha value is -1.70. The van der Waals surface area contributed by atoms with Crippen LogP contribution >= 0.6 is 34.4 Å². The van der Waals surface area contributed by atoms with Gasteiger partial charge in [-0.3, -0.25) is 4.79 Å². The fraction of sp³-hybridized carbons (Fsp3) is 0.125. The maximum absolute atomic E-state index is 13.0. The number of carbonyl (C=O) groups is 1. The van der Waals surface area contributed by atoms with Crippen molar-refractivity contribution in [2.45, 2.75) is 5.75 Å². The molecule has 0 aliphatic rings. The van der Waals surface area contributed by atoms with Crippen LogP contribution in [0.2, 0.25) is 0 Å². The molecule has 2 aromatic heterocycles. The van der Waals surface area contributed by atoms with Crippen LogP contribution in [-0.4, -0.2) is 16.6 Å². The molecule has 0 fully saturated rings. The predicted octanol–water partition coefficient (Wildman–Crippen LogP) is 4.88. The van der Waals surface area contributed by atoms with Gasteiger partial charge in [0, 0.05) is 27.8 Å². The number of hydrogen-bond donors (Lipinski definition) is 1. The van der Waals surface area contributed by atoms with Gasteiger partial charge in [-0.2, -0.15) is 11.3 Å². The van der Waals surface area contributed by atoms with Gasteiger partial charge in [0.2, 0.25) is 5.91 Å². The van der Waals surface area contributed by atoms with Gasteiger partial charge in [-0.1, -0.05) is 6.07 Å². The molecule has 118 valence electrons. The van der Waals surface area contributed by atoms with E-state index in [1.165, 1.54) is 23.9 Å². The van der Waals surface area contributed by atoms with Crippen molar-refractivity contribution in [2.75, 3.05) is 11.1 Å². The zero-order chi connectivity index (χ0) is 16.1. The SMILES string of the molecule is O=C(CSCc1csc(-c2ccsc2)n1)Nc1cccc(F)c1. The van der Waals surface area contributed by atoms with E-state index in [-0.39, 0.29) is 11.7 Å². The van der Waals surface area contributed by atoms with Crippen molar-refractivity contribution in [1.29, 1.82) is 0 Å². The normalized spacial score (nSPS) is 10.7. The van der Waals surface area contributed by atoms with E-state index >= 15 is 0 Å². The summed E-state index contributed by atoms with van der Waals surface area (Å²) in [5.74, 6) is 0.478. The number of rotatable bonds is 6. The molecule has 0 radical (unpaired) electrons. The van der Waals surface area contributed by atoms with Crippen molar-refractivity contribution in [3.05, 3.63) is 58.0 Å². The highest BCUT2D eigenvalue weighted by Gasteiger charge is 2.07. The summed E-state index contributed by atoms with van der Waals surface area (Å²) < 4.78 is 13.0. The minimum atomic E-state index is -0.362. The number of thiophene rings is 1. The van der Waals surface area contributed by atoms with Crippen molar-refractivity contribution in [3.63, 3.8) is 0 Å². The Morgan fingerprint density at radius 3 is 3.00 bits per heavy atom. The van der Waals surface area contributed by atoms with Crippen LogP contribution in [0.4, 0.5) is 10.1 Å². The first-order valence-corrected chi connectivity index (χ1v) is 9.78. The fourth-order valence-electron chi connectivity index (χ4n) is 1.90. The molecule has 0 aliphatic carbocycles. The molecule has 2 heterocycles. The Morgan fingerprint density at radius 2 is 2.22 bits per heavy atom. The maximum atomic E-state index is 13.0. The zero-order valence-electron chi connectivity index (χ0n) is 12.0. The summed E-state index contributed by atoms with van der Waals surface area (Å²) in [4.78, 5) is 16.4. The molecule has 0 saturated heterocycles. The fourth-order valence-corrected chi connectivity index (χ4v) is 4.26. The molecular formula is C16H13FN2OS3. The monoisotopic (exact) mass is 364 g/mol. The number of nitrogens with zero attached hydrogens (tertiary/aromatic N) is 1. The summed E-state index contributed by atoms with van der Waals surface area (Å²) >= 11 is 4.75. The highest BCUT2D eigenvalue weighted by molar-refractivity contribution is 7.99. The average molecular weight is 364 g/mol. The molecule has 0 aliphatic heterocycles.